The molecule has 1 aromatic carbocycles. The van der Waals surface area contributed by atoms with Crippen molar-refractivity contribution in [2.45, 2.75) is 16.7 Å². The number of aromatic nitrogens is 3. The van der Waals surface area contributed by atoms with Gasteiger partial charge in [-0.2, -0.15) is 0 Å². The van der Waals surface area contributed by atoms with Crippen LogP contribution in [0, 0.1) is 6.92 Å². The van der Waals surface area contributed by atoms with Gasteiger partial charge in [-0.3, -0.25) is 0 Å². The van der Waals surface area contributed by atoms with Crippen molar-refractivity contribution in [1.29, 1.82) is 0 Å². The maximum atomic E-state index is 12.8. The monoisotopic (exact) mass is 507 g/mol. The molecule has 0 aliphatic heterocycles. The normalized spacial score (nSPS) is 11.7. The zero-order chi connectivity index (χ0) is 24.4. The van der Waals surface area contributed by atoms with Crippen LogP contribution in [-0.4, -0.2) is 54.2 Å². The lowest BCUT2D eigenvalue weighted by Crippen LogP contribution is -2.30. The minimum absolute atomic E-state index is 0.146. The zero-order valence-corrected chi connectivity index (χ0v) is 19.9. The maximum absolute atomic E-state index is 12.8. The third-order valence-corrected chi connectivity index (χ3v) is 7.69. The average Bonchev–Trinajstić information content (AvgIpc) is 3.10. The number of rotatable bonds is 4. The van der Waals surface area contributed by atoms with Crippen molar-refractivity contribution in [1.82, 2.24) is 13.9 Å². The van der Waals surface area contributed by atoms with Gasteiger partial charge in [0.15, 0.2) is 15.5 Å². The van der Waals surface area contributed by atoms with E-state index in [0.717, 1.165) is 10.2 Å². The fourth-order valence-electron chi connectivity index (χ4n) is 3.03. The van der Waals surface area contributed by atoms with Gasteiger partial charge >= 0.3 is 7.12 Å². The second-order valence-electron chi connectivity index (χ2n) is 6.97. The maximum Gasteiger partial charge on any atom is 0.489 e. The molecule has 0 saturated heterocycles. The molecule has 3 aromatic heterocycles. The van der Waals surface area contributed by atoms with E-state index in [-0.39, 0.29) is 26.1 Å². The minimum Gasteiger partial charge on any atom is -0.423 e. The van der Waals surface area contributed by atoms with E-state index in [1.807, 2.05) is 0 Å². The Hall–Kier alpha value is -2.77. The van der Waals surface area contributed by atoms with Gasteiger partial charge in [0.25, 0.3) is 10.0 Å². The SMILES string of the molecule is CS(=O)(=O)c1ccc(Cl)nc1.Cc1cc2c(B(O)O)ccnc2n1S(=O)(=O)c1ccccc1. The van der Waals surface area contributed by atoms with E-state index in [9.17, 15) is 26.9 Å². The summed E-state index contributed by atoms with van der Waals surface area (Å²) in [6.45, 7) is 1.63. The number of pyridine rings is 2. The number of fused-ring (bicyclic) bond motifs is 1. The van der Waals surface area contributed by atoms with E-state index < -0.39 is 27.0 Å². The first-order valence-corrected chi connectivity index (χ1v) is 13.1. The van der Waals surface area contributed by atoms with Gasteiger partial charge < -0.3 is 10.0 Å². The minimum atomic E-state index is -3.80. The molecular weight excluding hydrogens is 489 g/mol. The smallest absolute Gasteiger partial charge is 0.423 e. The summed E-state index contributed by atoms with van der Waals surface area (Å²) in [5.41, 5.74) is 0.835. The number of benzene rings is 1. The van der Waals surface area contributed by atoms with Crippen LogP contribution in [0.5, 0.6) is 0 Å². The predicted molar refractivity (Wildman–Crippen MR) is 126 cm³/mol. The molecular formula is C20H19BClN3O6S2. The third-order valence-electron chi connectivity index (χ3n) is 4.56. The van der Waals surface area contributed by atoms with Gasteiger partial charge in [-0.1, -0.05) is 29.8 Å². The van der Waals surface area contributed by atoms with E-state index in [1.54, 1.807) is 31.2 Å². The highest BCUT2D eigenvalue weighted by molar-refractivity contribution is 7.90. The first-order valence-electron chi connectivity index (χ1n) is 9.38. The molecule has 0 unspecified atom stereocenters. The number of aryl methyl sites for hydroxylation is 1. The summed E-state index contributed by atoms with van der Waals surface area (Å²) < 4.78 is 48.5. The first-order chi connectivity index (χ1) is 15.4. The molecule has 0 aliphatic carbocycles. The van der Waals surface area contributed by atoms with E-state index in [2.05, 4.69) is 9.97 Å². The standard InChI is InChI=1S/C14H13BN2O4S.C6H6ClNO2S/c1-10-9-12-13(15(18)19)7-8-16-14(12)17(10)22(20,21)11-5-3-2-4-6-11;1-11(9,10)5-2-3-6(7)8-4-5/h2-9,18-19H,1H3;2-4H,1H3. The second-order valence-corrected chi connectivity index (χ2v) is 11.2. The molecule has 0 fully saturated rings. The van der Waals surface area contributed by atoms with Crippen molar-refractivity contribution in [3.63, 3.8) is 0 Å². The van der Waals surface area contributed by atoms with Crippen LogP contribution in [0.1, 0.15) is 5.69 Å². The first kappa shape index (κ1) is 24.9. The summed E-state index contributed by atoms with van der Waals surface area (Å²) in [7, 11) is -8.64. The Balaban J connectivity index is 0.000000235. The topological polar surface area (TPSA) is 139 Å². The molecule has 3 heterocycles. The van der Waals surface area contributed by atoms with Gasteiger partial charge in [-0.25, -0.2) is 30.8 Å². The molecule has 0 aliphatic rings. The third kappa shape index (κ3) is 5.42. The predicted octanol–water partition coefficient (Wildman–Crippen LogP) is 1.40. The molecule has 2 N–H and O–H groups in total. The van der Waals surface area contributed by atoms with Crippen LogP contribution >= 0.6 is 11.6 Å². The van der Waals surface area contributed by atoms with Crippen molar-refractivity contribution in [3.8, 4) is 0 Å². The molecule has 0 saturated carbocycles. The second kappa shape index (κ2) is 9.61. The Bertz CT molecular complexity index is 1490. The van der Waals surface area contributed by atoms with Crippen molar-refractivity contribution < 1.29 is 26.9 Å². The highest BCUT2D eigenvalue weighted by Gasteiger charge is 2.25. The molecule has 172 valence electrons. The number of nitrogens with zero attached hydrogens (tertiary/aromatic N) is 3. The van der Waals surface area contributed by atoms with Gasteiger partial charge in [0.2, 0.25) is 0 Å². The van der Waals surface area contributed by atoms with Crippen LogP contribution in [0.25, 0.3) is 11.0 Å². The summed E-state index contributed by atoms with van der Waals surface area (Å²) in [5.74, 6) is 0. The lowest BCUT2D eigenvalue weighted by molar-refractivity contribution is 0.426. The van der Waals surface area contributed by atoms with E-state index in [1.165, 1.54) is 42.7 Å². The Morgan fingerprint density at radius 3 is 2.15 bits per heavy atom. The Labute approximate surface area is 196 Å². The van der Waals surface area contributed by atoms with Crippen molar-refractivity contribution >= 4 is 55.1 Å². The molecule has 0 atom stereocenters. The van der Waals surface area contributed by atoms with Gasteiger partial charge in [-0.15, -0.1) is 0 Å². The molecule has 4 aromatic rings. The van der Waals surface area contributed by atoms with E-state index >= 15 is 0 Å². The molecule has 4 rings (SSSR count). The lowest BCUT2D eigenvalue weighted by atomic mass is 9.79. The van der Waals surface area contributed by atoms with Crippen LogP contribution in [0.3, 0.4) is 0 Å². The molecule has 0 bridgehead atoms. The molecule has 0 spiro atoms. The van der Waals surface area contributed by atoms with E-state index in [0.29, 0.717) is 11.1 Å². The molecule has 13 heteroatoms. The Morgan fingerprint density at radius 2 is 1.61 bits per heavy atom. The highest BCUT2D eigenvalue weighted by atomic mass is 35.5. The van der Waals surface area contributed by atoms with Crippen molar-refractivity contribution in [2.24, 2.45) is 0 Å². The quantitative estimate of drug-likeness (QED) is 0.312. The van der Waals surface area contributed by atoms with Crippen LogP contribution < -0.4 is 5.46 Å². The average molecular weight is 508 g/mol. The van der Waals surface area contributed by atoms with Gasteiger partial charge in [0, 0.05) is 29.7 Å². The zero-order valence-electron chi connectivity index (χ0n) is 17.5. The summed E-state index contributed by atoms with van der Waals surface area (Å²) in [4.78, 5) is 8.06. The van der Waals surface area contributed by atoms with Gasteiger partial charge in [0.1, 0.15) is 5.15 Å². The number of hydrogen-bond donors (Lipinski definition) is 2. The summed E-state index contributed by atoms with van der Waals surface area (Å²) >= 11 is 5.46. The number of hydrogen-bond acceptors (Lipinski definition) is 8. The van der Waals surface area contributed by atoms with Crippen LogP contribution in [0.15, 0.2) is 76.8 Å². The van der Waals surface area contributed by atoms with Gasteiger partial charge in [-0.05, 0) is 48.8 Å². The summed E-state index contributed by atoms with van der Waals surface area (Å²) in [5, 5.41) is 19.5. The summed E-state index contributed by atoms with van der Waals surface area (Å²) in [6.07, 6.45) is 3.71. The molecule has 33 heavy (non-hydrogen) atoms. The van der Waals surface area contributed by atoms with Crippen LogP contribution in [0.4, 0.5) is 0 Å². The van der Waals surface area contributed by atoms with Gasteiger partial charge in [0.05, 0.1) is 9.79 Å². The lowest BCUT2D eigenvalue weighted by Gasteiger charge is -2.09. The van der Waals surface area contributed by atoms with Crippen LogP contribution in [-0.2, 0) is 19.9 Å². The highest BCUT2D eigenvalue weighted by Crippen LogP contribution is 2.23. The number of halogens is 1. The van der Waals surface area contributed by atoms with Crippen molar-refractivity contribution in [3.05, 3.63) is 77.8 Å². The fourth-order valence-corrected chi connectivity index (χ4v) is 5.22. The van der Waals surface area contributed by atoms with Crippen molar-refractivity contribution in [2.75, 3.05) is 6.26 Å². The molecule has 0 amide bonds. The Kier molecular flexibility index (Phi) is 7.25. The van der Waals surface area contributed by atoms with E-state index in [4.69, 9.17) is 11.6 Å². The Morgan fingerprint density at radius 1 is 0.939 bits per heavy atom. The van der Waals surface area contributed by atoms with Crippen LogP contribution in [0.2, 0.25) is 5.15 Å². The molecule has 9 nitrogen and oxygen atoms in total. The largest absolute Gasteiger partial charge is 0.489 e. The fraction of sp³-hybridized carbons (Fsp3) is 0.100. The molecule has 0 radical (unpaired) electrons. The summed E-state index contributed by atoms with van der Waals surface area (Å²) in [6, 6.07) is 13.9. The number of sulfone groups is 1.